The van der Waals surface area contributed by atoms with Crippen molar-refractivity contribution in [3.05, 3.63) is 65.2 Å². The summed E-state index contributed by atoms with van der Waals surface area (Å²) in [4.78, 5) is 18.0. The summed E-state index contributed by atoms with van der Waals surface area (Å²) in [5.41, 5.74) is 4.17. The zero-order chi connectivity index (χ0) is 19.4. The fraction of sp³-hybridized carbons (Fsp3) is 0.458. The molecule has 1 amide bonds. The van der Waals surface area contributed by atoms with Crippen molar-refractivity contribution in [2.75, 3.05) is 24.5 Å². The monoisotopic (exact) mass is 364 g/mol. The molecular weight excluding hydrogens is 332 g/mol. The van der Waals surface area contributed by atoms with Crippen LogP contribution in [0.5, 0.6) is 0 Å². The summed E-state index contributed by atoms with van der Waals surface area (Å²) in [6.45, 7) is 11.9. The summed E-state index contributed by atoms with van der Waals surface area (Å²) in [5, 5.41) is 0. The Morgan fingerprint density at radius 3 is 2.00 bits per heavy atom. The summed E-state index contributed by atoms with van der Waals surface area (Å²) in [6.07, 6.45) is 2.05. The number of piperidine rings is 1. The van der Waals surface area contributed by atoms with Gasteiger partial charge in [0.15, 0.2) is 0 Å². The van der Waals surface area contributed by atoms with E-state index in [1.165, 1.54) is 11.1 Å². The number of amides is 1. The van der Waals surface area contributed by atoms with Crippen LogP contribution in [0.25, 0.3) is 0 Å². The predicted octanol–water partition coefficient (Wildman–Crippen LogP) is 5.07. The number of likely N-dealkylation sites (tertiary alicyclic amines) is 1. The number of carbonyl (C=O) groups excluding carboxylic acids is 1. The van der Waals surface area contributed by atoms with E-state index in [-0.39, 0.29) is 11.9 Å². The lowest BCUT2D eigenvalue weighted by atomic mass is 9.99. The van der Waals surface area contributed by atoms with Gasteiger partial charge in [-0.05, 0) is 56.9 Å². The van der Waals surface area contributed by atoms with Crippen LogP contribution >= 0.6 is 0 Å². The molecule has 1 fully saturated rings. The maximum atomic E-state index is 13.4. The van der Waals surface area contributed by atoms with E-state index in [1.807, 2.05) is 29.2 Å². The Morgan fingerprint density at radius 1 is 0.963 bits per heavy atom. The van der Waals surface area contributed by atoms with E-state index >= 15 is 0 Å². The number of rotatable bonds is 5. The van der Waals surface area contributed by atoms with E-state index in [4.69, 9.17) is 0 Å². The van der Waals surface area contributed by atoms with Crippen LogP contribution in [-0.2, 0) is 0 Å². The average Bonchev–Trinajstić information content (AvgIpc) is 2.65. The lowest BCUT2D eigenvalue weighted by molar-refractivity contribution is 0.0957. The molecular formula is C24H32N2O. The van der Waals surface area contributed by atoms with Gasteiger partial charge in [0.2, 0.25) is 0 Å². The Kier molecular flexibility index (Phi) is 6.33. The summed E-state index contributed by atoms with van der Waals surface area (Å²) in [5.74, 6) is 0.796. The molecule has 0 spiro atoms. The molecule has 27 heavy (non-hydrogen) atoms. The molecule has 0 unspecified atom stereocenters. The van der Waals surface area contributed by atoms with Crippen LogP contribution in [0.1, 0.15) is 48.2 Å². The fourth-order valence-corrected chi connectivity index (χ4v) is 3.91. The summed E-state index contributed by atoms with van der Waals surface area (Å²) < 4.78 is 0. The van der Waals surface area contributed by atoms with E-state index in [2.05, 4.69) is 56.9 Å². The summed E-state index contributed by atoms with van der Waals surface area (Å²) in [7, 11) is 0. The summed E-state index contributed by atoms with van der Waals surface area (Å²) in [6, 6.07) is 16.6. The van der Waals surface area contributed by atoms with Gasteiger partial charge in [0, 0.05) is 36.9 Å². The van der Waals surface area contributed by atoms with Crippen molar-refractivity contribution in [1.29, 1.82) is 0 Å². The molecule has 0 N–H and O–H groups in total. The van der Waals surface area contributed by atoms with Gasteiger partial charge in [0.1, 0.15) is 0 Å². The minimum atomic E-state index is 0.112. The van der Waals surface area contributed by atoms with Crippen molar-refractivity contribution in [3.8, 4) is 0 Å². The van der Waals surface area contributed by atoms with Gasteiger partial charge in [-0.2, -0.15) is 0 Å². The number of anilines is 1. The Labute approximate surface area is 164 Å². The van der Waals surface area contributed by atoms with Gasteiger partial charge < -0.3 is 9.80 Å². The van der Waals surface area contributed by atoms with Crippen LogP contribution in [0.3, 0.4) is 0 Å². The van der Waals surface area contributed by atoms with Crippen LogP contribution in [0.2, 0.25) is 0 Å². The molecule has 0 saturated carbocycles. The number of carbonyl (C=O) groups is 1. The topological polar surface area (TPSA) is 23.6 Å². The van der Waals surface area contributed by atoms with E-state index in [1.54, 1.807) is 0 Å². The molecule has 1 aliphatic rings. The van der Waals surface area contributed by atoms with E-state index in [0.29, 0.717) is 5.92 Å². The quantitative estimate of drug-likeness (QED) is 0.739. The van der Waals surface area contributed by atoms with Gasteiger partial charge in [0.05, 0.1) is 0 Å². The summed E-state index contributed by atoms with van der Waals surface area (Å²) >= 11 is 0. The molecule has 3 heteroatoms. The third-order valence-corrected chi connectivity index (χ3v) is 5.38. The highest BCUT2D eigenvalue weighted by atomic mass is 16.2. The zero-order valence-electron chi connectivity index (χ0n) is 17.1. The van der Waals surface area contributed by atoms with Gasteiger partial charge in [-0.25, -0.2) is 0 Å². The Morgan fingerprint density at radius 2 is 1.48 bits per heavy atom. The van der Waals surface area contributed by atoms with Gasteiger partial charge >= 0.3 is 0 Å². The van der Waals surface area contributed by atoms with Gasteiger partial charge in [-0.15, -0.1) is 0 Å². The smallest absolute Gasteiger partial charge is 0.258 e. The molecule has 144 valence electrons. The first-order chi connectivity index (χ1) is 12.9. The lowest BCUT2D eigenvalue weighted by Gasteiger charge is -2.39. The van der Waals surface area contributed by atoms with Gasteiger partial charge in [0.25, 0.3) is 5.91 Å². The lowest BCUT2D eigenvalue weighted by Crippen LogP contribution is -2.48. The van der Waals surface area contributed by atoms with Crippen LogP contribution in [0.4, 0.5) is 5.69 Å². The van der Waals surface area contributed by atoms with Gasteiger partial charge in [-0.1, -0.05) is 49.2 Å². The molecule has 0 aliphatic carbocycles. The highest BCUT2D eigenvalue weighted by Crippen LogP contribution is 2.27. The first-order valence-corrected chi connectivity index (χ1v) is 10.1. The first-order valence-electron chi connectivity index (χ1n) is 10.1. The van der Waals surface area contributed by atoms with Gasteiger partial charge in [-0.3, -0.25) is 4.79 Å². The number of benzene rings is 2. The second-order valence-electron chi connectivity index (χ2n) is 8.30. The van der Waals surface area contributed by atoms with Crippen LogP contribution < -0.4 is 4.90 Å². The number of hydrogen-bond acceptors (Lipinski definition) is 2. The molecule has 2 aromatic carbocycles. The number of hydrogen-bond donors (Lipinski definition) is 0. The molecule has 3 nitrogen and oxygen atoms in total. The van der Waals surface area contributed by atoms with E-state index in [9.17, 15) is 4.79 Å². The van der Waals surface area contributed by atoms with Crippen molar-refractivity contribution >= 4 is 11.6 Å². The second-order valence-corrected chi connectivity index (χ2v) is 8.30. The molecule has 0 bridgehead atoms. The molecule has 1 heterocycles. The van der Waals surface area contributed by atoms with Crippen molar-refractivity contribution in [1.82, 2.24) is 4.90 Å². The number of nitrogens with zero attached hydrogens (tertiary/aromatic N) is 2. The van der Waals surface area contributed by atoms with Crippen molar-refractivity contribution < 1.29 is 4.79 Å². The highest BCUT2D eigenvalue weighted by molar-refractivity contribution is 6.06. The van der Waals surface area contributed by atoms with Crippen LogP contribution in [0.15, 0.2) is 48.5 Å². The Balaban J connectivity index is 1.83. The SMILES string of the molecule is Cc1ccc(C(=O)N(c2ccc(C)cc2)C2CCN(CC(C)C)CC2)cc1. The molecule has 0 atom stereocenters. The third-order valence-electron chi connectivity index (χ3n) is 5.38. The molecule has 2 aromatic rings. The van der Waals surface area contributed by atoms with Crippen LogP contribution in [0, 0.1) is 19.8 Å². The molecule has 0 radical (unpaired) electrons. The largest absolute Gasteiger partial charge is 0.305 e. The van der Waals surface area contributed by atoms with Crippen molar-refractivity contribution in [3.63, 3.8) is 0 Å². The van der Waals surface area contributed by atoms with E-state index < -0.39 is 0 Å². The first kappa shape index (κ1) is 19.6. The van der Waals surface area contributed by atoms with Crippen molar-refractivity contribution in [2.24, 2.45) is 5.92 Å². The average molecular weight is 365 g/mol. The normalized spacial score (nSPS) is 15.9. The van der Waals surface area contributed by atoms with Crippen LogP contribution in [-0.4, -0.2) is 36.5 Å². The number of aryl methyl sites for hydroxylation is 2. The standard InChI is InChI=1S/C24H32N2O/c1-18(2)17-25-15-13-23(14-16-25)26(22-11-7-20(4)8-12-22)24(27)21-9-5-19(3)6-10-21/h5-12,18,23H,13-17H2,1-4H3. The maximum absolute atomic E-state index is 13.4. The highest BCUT2D eigenvalue weighted by Gasteiger charge is 2.30. The second kappa shape index (κ2) is 8.71. The Hall–Kier alpha value is -2.13. The molecule has 1 aliphatic heterocycles. The van der Waals surface area contributed by atoms with Crippen molar-refractivity contribution in [2.45, 2.75) is 46.6 Å². The fourth-order valence-electron chi connectivity index (χ4n) is 3.91. The Bertz CT molecular complexity index is 741. The molecule has 1 saturated heterocycles. The van der Waals surface area contributed by atoms with E-state index in [0.717, 1.165) is 43.7 Å². The minimum absolute atomic E-state index is 0.112. The minimum Gasteiger partial charge on any atom is -0.305 e. The predicted molar refractivity (Wildman–Crippen MR) is 113 cm³/mol. The molecule has 0 aromatic heterocycles. The third kappa shape index (κ3) is 4.98. The maximum Gasteiger partial charge on any atom is 0.258 e. The zero-order valence-corrected chi connectivity index (χ0v) is 17.1. The molecule has 3 rings (SSSR count).